The van der Waals surface area contributed by atoms with E-state index in [9.17, 15) is 13.2 Å². The van der Waals surface area contributed by atoms with E-state index in [0.29, 0.717) is 19.4 Å². The number of hydrazone groups is 1. The van der Waals surface area contributed by atoms with E-state index in [1.54, 1.807) is 0 Å². The minimum atomic E-state index is -3.07. The number of rotatable bonds is 6. The van der Waals surface area contributed by atoms with Crippen LogP contribution in [0, 0.1) is 17.2 Å². The lowest BCUT2D eigenvalue weighted by molar-refractivity contribution is -0.124. The first-order valence-corrected chi connectivity index (χ1v) is 9.45. The predicted octanol–water partition coefficient (Wildman–Crippen LogP) is 0.921. The molecule has 1 aromatic carbocycles. The number of anilines is 1. The second-order valence-electron chi connectivity index (χ2n) is 5.76. The summed E-state index contributed by atoms with van der Waals surface area (Å²) in [6, 6.07) is 9.63. The lowest BCUT2D eigenvalue weighted by atomic mass is 10.1. The number of hydrogen-bond donors (Lipinski definition) is 1. The van der Waals surface area contributed by atoms with Gasteiger partial charge in [0, 0.05) is 19.3 Å². The summed E-state index contributed by atoms with van der Waals surface area (Å²) in [7, 11) is -1.16. The molecule has 1 amide bonds. The molecule has 0 radical (unpaired) electrons. The van der Waals surface area contributed by atoms with E-state index in [2.05, 4.69) is 16.6 Å². The topological polar surface area (TPSA) is 103 Å². The SMILES string of the molecule is CN(CCC#N)c1ccc(/C=N\NC(=O)[C@@H]2CCS(=O)(=O)C2)cc1. The summed E-state index contributed by atoms with van der Waals surface area (Å²) in [4.78, 5) is 13.8. The molecule has 2 rings (SSSR count). The van der Waals surface area contributed by atoms with Crippen LogP contribution in [-0.2, 0) is 14.6 Å². The highest BCUT2D eigenvalue weighted by Crippen LogP contribution is 2.18. The van der Waals surface area contributed by atoms with Crippen molar-refractivity contribution >= 4 is 27.6 Å². The molecule has 1 atom stereocenters. The first-order valence-electron chi connectivity index (χ1n) is 7.63. The molecule has 1 N–H and O–H groups in total. The number of amides is 1. The van der Waals surface area contributed by atoms with Crippen molar-refractivity contribution in [3.63, 3.8) is 0 Å². The van der Waals surface area contributed by atoms with Crippen LogP contribution < -0.4 is 10.3 Å². The maximum absolute atomic E-state index is 11.8. The molecule has 0 bridgehead atoms. The molecule has 128 valence electrons. The third kappa shape index (κ3) is 5.06. The number of carbonyl (C=O) groups excluding carboxylic acids is 1. The summed E-state index contributed by atoms with van der Waals surface area (Å²) in [5.74, 6) is -0.906. The molecule has 1 saturated heterocycles. The summed E-state index contributed by atoms with van der Waals surface area (Å²) in [5.41, 5.74) is 4.20. The van der Waals surface area contributed by atoms with Crippen LogP contribution in [0.1, 0.15) is 18.4 Å². The van der Waals surface area contributed by atoms with Crippen molar-refractivity contribution in [2.24, 2.45) is 11.0 Å². The second-order valence-corrected chi connectivity index (χ2v) is 7.98. The van der Waals surface area contributed by atoms with Crippen LogP contribution in [0.25, 0.3) is 0 Å². The summed E-state index contributed by atoms with van der Waals surface area (Å²) in [6.07, 6.45) is 2.33. The Hall–Kier alpha value is -2.40. The minimum Gasteiger partial charge on any atom is -0.374 e. The van der Waals surface area contributed by atoms with Crippen LogP contribution in [-0.4, -0.2) is 45.6 Å². The summed E-state index contributed by atoms with van der Waals surface area (Å²) >= 11 is 0. The number of carbonyl (C=O) groups is 1. The van der Waals surface area contributed by atoms with Crippen molar-refractivity contribution in [3.05, 3.63) is 29.8 Å². The maximum Gasteiger partial charge on any atom is 0.244 e. The monoisotopic (exact) mass is 348 g/mol. The molecule has 1 aliphatic rings. The van der Waals surface area contributed by atoms with Crippen molar-refractivity contribution in [2.75, 3.05) is 30.0 Å². The number of sulfone groups is 1. The van der Waals surface area contributed by atoms with Gasteiger partial charge >= 0.3 is 0 Å². The fraction of sp³-hybridized carbons (Fsp3) is 0.438. The van der Waals surface area contributed by atoms with Gasteiger partial charge in [-0.2, -0.15) is 10.4 Å². The first kappa shape index (κ1) is 17.9. The molecule has 24 heavy (non-hydrogen) atoms. The number of benzene rings is 1. The Morgan fingerprint density at radius 1 is 1.46 bits per heavy atom. The molecule has 0 unspecified atom stereocenters. The lowest BCUT2D eigenvalue weighted by Gasteiger charge is -2.17. The summed E-state index contributed by atoms with van der Waals surface area (Å²) < 4.78 is 22.7. The Bertz CT molecular complexity index is 751. The van der Waals surface area contributed by atoms with Crippen LogP contribution in [0.2, 0.25) is 0 Å². The third-order valence-corrected chi connectivity index (χ3v) is 5.65. The number of nitrogens with zero attached hydrogens (tertiary/aromatic N) is 3. The molecule has 0 spiro atoms. The second kappa shape index (κ2) is 7.93. The normalized spacial score (nSPS) is 19.1. The van der Waals surface area contributed by atoms with Crippen LogP contribution in [0.3, 0.4) is 0 Å². The molecular formula is C16H20N4O3S. The molecule has 1 fully saturated rings. The Kier molecular flexibility index (Phi) is 5.93. The molecule has 0 saturated carbocycles. The zero-order chi connectivity index (χ0) is 17.6. The van der Waals surface area contributed by atoms with Crippen molar-refractivity contribution < 1.29 is 13.2 Å². The standard InChI is InChI=1S/C16H20N4O3S/c1-20(9-2-8-17)15-5-3-13(4-6-15)11-18-19-16(21)14-7-10-24(22,23)12-14/h3-6,11,14H,2,7,9-10,12H2,1H3,(H,19,21)/b18-11-/t14-/m1/s1. The van der Waals surface area contributed by atoms with Gasteiger partial charge in [-0.3, -0.25) is 4.79 Å². The molecule has 1 aliphatic heterocycles. The van der Waals surface area contributed by atoms with Crippen molar-refractivity contribution in [3.8, 4) is 6.07 Å². The van der Waals surface area contributed by atoms with Gasteiger partial charge in [-0.1, -0.05) is 12.1 Å². The number of nitriles is 1. The average Bonchev–Trinajstić information content (AvgIpc) is 2.93. The van der Waals surface area contributed by atoms with Crippen molar-refractivity contribution in [1.82, 2.24) is 5.43 Å². The average molecular weight is 348 g/mol. The van der Waals surface area contributed by atoms with Gasteiger partial charge in [-0.15, -0.1) is 0 Å². The number of nitrogens with one attached hydrogen (secondary N) is 1. The molecule has 8 heteroatoms. The smallest absolute Gasteiger partial charge is 0.244 e. The summed E-state index contributed by atoms with van der Waals surface area (Å²) in [6.45, 7) is 0.657. The van der Waals surface area contributed by atoms with Gasteiger partial charge in [-0.05, 0) is 24.1 Å². The Morgan fingerprint density at radius 2 is 2.17 bits per heavy atom. The van der Waals surface area contributed by atoms with E-state index in [-0.39, 0.29) is 17.4 Å². The first-order chi connectivity index (χ1) is 11.4. The van der Waals surface area contributed by atoms with Crippen LogP contribution in [0.15, 0.2) is 29.4 Å². The third-order valence-electron chi connectivity index (χ3n) is 3.88. The molecule has 0 aromatic heterocycles. The van der Waals surface area contributed by atoms with Crippen molar-refractivity contribution in [1.29, 1.82) is 5.26 Å². The van der Waals surface area contributed by atoms with E-state index in [1.807, 2.05) is 36.2 Å². The van der Waals surface area contributed by atoms with Crippen LogP contribution in [0.5, 0.6) is 0 Å². The molecule has 1 aromatic rings. The highest BCUT2D eigenvalue weighted by atomic mass is 32.2. The van der Waals surface area contributed by atoms with Gasteiger partial charge in [-0.25, -0.2) is 13.8 Å². The lowest BCUT2D eigenvalue weighted by Crippen LogP contribution is -2.27. The van der Waals surface area contributed by atoms with Gasteiger partial charge < -0.3 is 4.90 Å². The molecular weight excluding hydrogens is 328 g/mol. The fourth-order valence-electron chi connectivity index (χ4n) is 2.43. The van der Waals surface area contributed by atoms with E-state index < -0.39 is 15.8 Å². The van der Waals surface area contributed by atoms with Gasteiger partial charge in [0.1, 0.15) is 0 Å². The highest BCUT2D eigenvalue weighted by Gasteiger charge is 2.32. The largest absolute Gasteiger partial charge is 0.374 e. The zero-order valence-corrected chi connectivity index (χ0v) is 14.3. The predicted molar refractivity (Wildman–Crippen MR) is 92.4 cm³/mol. The van der Waals surface area contributed by atoms with Crippen molar-refractivity contribution in [2.45, 2.75) is 12.8 Å². The van der Waals surface area contributed by atoms with E-state index in [0.717, 1.165) is 11.3 Å². The fourth-order valence-corrected chi connectivity index (χ4v) is 4.17. The maximum atomic E-state index is 11.8. The zero-order valence-electron chi connectivity index (χ0n) is 13.5. The highest BCUT2D eigenvalue weighted by molar-refractivity contribution is 7.91. The van der Waals surface area contributed by atoms with E-state index >= 15 is 0 Å². The minimum absolute atomic E-state index is 0.0651. The van der Waals surface area contributed by atoms with Crippen LogP contribution >= 0.6 is 0 Å². The number of hydrogen-bond acceptors (Lipinski definition) is 6. The van der Waals surface area contributed by atoms with Gasteiger partial charge in [0.05, 0.1) is 36.1 Å². The van der Waals surface area contributed by atoms with Gasteiger partial charge in [0.15, 0.2) is 9.84 Å². The van der Waals surface area contributed by atoms with Crippen LogP contribution in [0.4, 0.5) is 5.69 Å². The molecule has 0 aliphatic carbocycles. The van der Waals surface area contributed by atoms with E-state index in [1.165, 1.54) is 6.21 Å². The quantitative estimate of drug-likeness (QED) is 0.608. The van der Waals surface area contributed by atoms with E-state index in [4.69, 9.17) is 5.26 Å². The molecule has 1 heterocycles. The Morgan fingerprint density at radius 3 is 2.75 bits per heavy atom. The van der Waals surface area contributed by atoms with Gasteiger partial charge in [0.25, 0.3) is 0 Å². The Balaban J connectivity index is 1.86. The Labute approximate surface area is 141 Å². The summed E-state index contributed by atoms with van der Waals surface area (Å²) in [5, 5.41) is 12.5. The molecule has 7 nitrogen and oxygen atoms in total. The van der Waals surface area contributed by atoms with Gasteiger partial charge in [0.2, 0.25) is 5.91 Å².